The molecule has 1 unspecified atom stereocenters. The van der Waals surface area contributed by atoms with Crippen LogP contribution >= 0.6 is 0 Å². The van der Waals surface area contributed by atoms with Gasteiger partial charge in [0, 0.05) is 22.6 Å². The predicted molar refractivity (Wildman–Crippen MR) is 145 cm³/mol. The monoisotopic (exact) mass is 487 g/mol. The van der Waals surface area contributed by atoms with Crippen LogP contribution in [0.1, 0.15) is 30.5 Å². The van der Waals surface area contributed by atoms with Crippen LogP contribution in [-0.2, 0) is 4.79 Å². The summed E-state index contributed by atoms with van der Waals surface area (Å²) in [7, 11) is 0. The minimum Gasteiger partial charge on any atom is -0.438 e. The smallest absolute Gasteiger partial charge is 0.252 e. The molecule has 6 heteroatoms. The molecule has 0 fully saturated rings. The molecule has 37 heavy (non-hydrogen) atoms. The van der Waals surface area contributed by atoms with E-state index in [1.54, 1.807) is 6.07 Å². The molecular weight excluding hydrogens is 462 g/mol. The molecule has 0 bridgehead atoms. The number of nitrogens with zero attached hydrogens (tertiary/aromatic N) is 2. The predicted octanol–water partition coefficient (Wildman–Crippen LogP) is 6.70. The van der Waals surface area contributed by atoms with E-state index < -0.39 is 11.9 Å². The maximum absolute atomic E-state index is 13.6. The van der Waals surface area contributed by atoms with Crippen molar-refractivity contribution in [3.05, 3.63) is 112 Å². The fraction of sp³-hybridized carbons (Fsp3) is 0.129. The number of nitriles is 1. The van der Waals surface area contributed by atoms with Crippen molar-refractivity contribution in [2.75, 3.05) is 5.32 Å². The number of para-hydroxylation sites is 1. The third kappa shape index (κ3) is 4.32. The SMILES string of the molecule is CCC(C(=O)Nc1oc(-c2ccccc2)c(-c2ccccc2)c1C#N)n1c(=O)cc(C)c2ccccc21. The zero-order chi connectivity index (χ0) is 25.9. The molecule has 0 saturated heterocycles. The second-order valence-electron chi connectivity index (χ2n) is 8.82. The molecular formula is C31H25N3O3. The van der Waals surface area contributed by atoms with Crippen LogP contribution in [0.3, 0.4) is 0 Å². The van der Waals surface area contributed by atoms with Crippen LogP contribution < -0.4 is 10.9 Å². The lowest BCUT2D eigenvalue weighted by molar-refractivity contribution is -0.119. The Labute approximate surface area is 214 Å². The van der Waals surface area contributed by atoms with Crippen LogP contribution in [0.5, 0.6) is 0 Å². The zero-order valence-electron chi connectivity index (χ0n) is 20.6. The van der Waals surface area contributed by atoms with Gasteiger partial charge in [-0.15, -0.1) is 0 Å². The summed E-state index contributed by atoms with van der Waals surface area (Å²) in [5.41, 5.74) is 3.70. The number of pyridine rings is 1. The molecule has 1 amide bonds. The molecule has 2 heterocycles. The van der Waals surface area contributed by atoms with Gasteiger partial charge in [0.2, 0.25) is 11.8 Å². The van der Waals surface area contributed by atoms with Crippen LogP contribution in [-0.4, -0.2) is 10.5 Å². The first-order valence-corrected chi connectivity index (χ1v) is 12.1. The fourth-order valence-electron chi connectivity index (χ4n) is 4.77. The highest BCUT2D eigenvalue weighted by molar-refractivity contribution is 5.98. The standard InChI is InChI=1S/C31H25N3O3/c1-3-25(34-26-17-11-10-16-23(26)20(2)18-27(34)35)30(36)33-31-24(19-32)28(21-12-6-4-7-13-21)29(37-31)22-14-8-5-9-15-22/h4-18,25H,3H2,1-2H3,(H,33,36). The second-order valence-corrected chi connectivity index (χ2v) is 8.82. The largest absolute Gasteiger partial charge is 0.438 e. The van der Waals surface area contributed by atoms with E-state index in [4.69, 9.17) is 4.42 Å². The molecule has 3 aromatic carbocycles. The fourth-order valence-corrected chi connectivity index (χ4v) is 4.77. The van der Waals surface area contributed by atoms with Crippen LogP contribution in [0.4, 0.5) is 5.88 Å². The number of nitrogens with one attached hydrogen (secondary N) is 1. The Morgan fingerprint density at radius 2 is 1.59 bits per heavy atom. The highest BCUT2D eigenvalue weighted by atomic mass is 16.4. The van der Waals surface area contributed by atoms with Gasteiger partial charge >= 0.3 is 0 Å². The molecule has 0 saturated carbocycles. The Bertz CT molecular complexity index is 1690. The minimum absolute atomic E-state index is 0.0631. The number of aryl methyl sites for hydroxylation is 1. The molecule has 0 aliphatic heterocycles. The molecule has 0 spiro atoms. The van der Waals surface area contributed by atoms with Crippen molar-refractivity contribution in [2.24, 2.45) is 0 Å². The average Bonchev–Trinajstić information content (AvgIpc) is 3.29. The molecule has 5 rings (SSSR count). The number of carbonyl (C=O) groups is 1. The Morgan fingerprint density at radius 1 is 0.973 bits per heavy atom. The maximum Gasteiger partial charge on any atom is 0.252 e. The molecule has 1 N–H and O–H groups in total. The summed E-state index contributed by atoms with van der Waals surface area (Å²) in [6, 6.07) is 29.4. The van der Waals surface area contributed by atoms with E-state index in [0.717, 1.165) is 22.1 Å². The highest BCUT2D eigenvalue weighted by Crippen LogP contribution is 2.41. The van der Waals surface area contributed by atoms with E-state index in [9.17, 15) is 14.9 Å². The van der Waals surface area contributed by atoms with Crippen molar-refractivity contribution < 1.29 is 9.21 Å². The Hall–Kier alpha value is -4.89. The van der Waals surface area contributed by atoms with Gasteiger partial charge in [0.25, 0.3) is 5.56 Å². The second kappa shape index (κ2) is 10.00. The summed E-state index contributed by atoms with van der Waals surface area (Å²) >= 11 is 0. The quantitative estimate of drug-likeness (QED) is 0.289. The summed E-state index contributed by atoms with van der Waals surface area (Å²) in [5.74, 6) is 0.126. The van der Waals surface area contributed by atoms with E-state index >= 15 is 0 Å². The Morgan fingerprint density at radius 3 is 2.24 bits per heavy atom. The van der Waals surface area contributed by atoms with Crippen LogP contribution in [0.15, 0.2) is 100 Å². The first-order valence-electron chi connectivity index (χ1n) is 12.1. The summed E-state index contributed by atoms with van der Waals surface area (Å²) in [4.78, 5) is 26.7. The van der Waals surface area contributed by atoms with Gasteiger partial charge in [-0.05, 0) is 30.5 Å². The van der Waals surface area contributed by atoms with Gasteiger partial charge in [0.05, 0.1) is 5.52 Å². The molecule has 1 atom stereocenters. The van der Waals surface area contributed by atoms with Gasteiger partial charge in [-0.1, -0.05) is 85.8 Å². The lowest BCUT2D eigenvalue weighted by atomic mass is 9.98. The van der Waals surface area contributed by atoms with Crippen molar-refractivity contribution in [3.8, 4) is 28.5 Å². The number of anilines is 1. The topological polar surface area (TPSA) is 88.0 Å². The van der Waals surface area contributed by atoms with Gasteiger partial charge in [-0.3, -0.25) is 19.5 Å². The first-order chi connectivity index (χ1) is 18.0. The third-order valence-electron chi connectivity index (χ3n) is 6.52. The van der Waals surface area contributed by atoms with Crippen LogP contribution in [0.2, 0.25) is 0 Å². The third-order valence-corrected chi connectivity index (χ3v) is 6.52. The number of amides is 1. The van der Waals surface area contributed by atoms with E-state index in [-0.39, 0.29) is 17.0 Å². The highest BCUT2D eigenvalue weighted by Gasteiger charge is 2.28. The number of rotatable bonds is 6. The molecule has 5 aromatic rings. The normalized spacial score (nSPS) is 11.7. The maximum atomic E-state index is 13.6. The van der Waals surface area contributed by atoms with Crippen LogP contribution in [0, 0.1) is 18.3 Å². The summed E-state index contributed by atoms with van der Waals surface area (Å²) < 4.78 is 7.69. The number of hydrogen-bond acceptors (Lipinski definition) is 4. The van der Waals surface area contributed by atoms with Crippen LogP contribution in [0.25, 0.3) is 33.4 Å². The molecule has 0 aliphatic carbocycles. The lowest BCUT2D eigenvalue weighted by Crippen LogP contribution is -2.33. The molecule has 6 nitrogen and oxygen atoms in total. The number of hydrogen-bond donors (Lipinski definition) is 1. The molecule has 0 aliphatic rings. The van der Waals surface area contributed by atoms with E-state index in [1.807, 2.05) is 98.8 Å². The van der Waals surface area contributed by atoms with Crippen molar-refractivity contribution in [2.45, 2.75) is 26.3 Å². The van der Waals surface area contributed by atoms with Crippen molar-refractivity contribution in [1.29, 1.82) is 5.26 Å². The zero-order valence-corrected chi connectivity index (χ0v) is 20.6. The Balaban J connectivity index is 1.62. The van der Waals surface area contributed by atoms with E-state index in [2.05, 4.69) is 11.4 Å². The summed E-state index contributed by atoms with van der Waals surface area (Å²) in [6.45, 7) is 3.73. The first kappa shape index (κ1) is 23.8. The summed E-state index contributed by atoms with van der Waals surface area (Å²) in [5, 5.41) is 13.9. The van der Waals surface area contributed by atoms with Gasteiger partial charge in [0.1, 0.15) is 23.4 Å². The summed E-state index contributed by atoms with van der Waals surface area (Å²) in [6.07, 6.45) is 0.373. The van der Waals surface area contributed by atoms with Gasteiger partial charge < -0.3 is 4.42 Å². The number of aromatic nitrogens is 1. The molecule has 2 aromatic heterocycles. The van der Waals surface area contributed by atoms with E-state index in [1.165, 1.54) is 4.57 Å². The average molecular weight is 488 g/mol. The number of furan rings is 1. The van der Waals surface area contributed by atoms with Gasteiger partial charge in [0.15, 0.2) is 0 Å². The Kier molecular flexibility index (Phi) is 6.44. The minimum atomic E-state index is -0.796. The van der Waals surface area contributed by atoms with Crippen molar-refractivity contribution in [1.82, 2.24) is 4.57 Å². The molecule has 182 valence electrons. The van der Waals surface area contributed by atoms with Crippen molar-refractivity contribution >= 4 is 22.7 Å². The number of fused-ring (bicyclic) bond motifs is 1. The van der Waals surface area contributed by atoms with Gasteiger partial charge in [-0.25, -0.2) is 0 Å². The van der Waals surface area contributed by atoms with Crippen molar-refractivity contribution in [3.63, 3.8) is 0 Å². The molecule has 0 radical (unpaired) electrons. The number of benzene rings is 3. The van der Waals surface area contributed by atoms with E-state index in [0.29, 0.717) is 23.3 Å². The lowest BCUT2D eigenvalue weighted by Gasteiger charge is -2.20. The number of carbonyl (C=O) groups excluding carboxylic acids is 1. The van der Waals surface area contributed by atoms with Gasteiger partial charge in [-0.2, -0.15) is 5.26 Å².